The smallest absolute Gasteiger partial charge is 0.220 e. The molecule has 104 valence electrons. The molecule has 1 unspecified atom stereocenters. The third-order valence-corrected chi connectivity index (χ3v) is 3.58. The number of carbonyl (C=O) groups is 1. The fraction of sp³-hybridized carbons (Fsp3) is 0.786. The summed E-state index contributed by atoms with van der Waals surface area (Å²) in [5, 5.41) is 11.0. The third kappa shape index (κ3) is 4.03. The van der Waals surface area contributed by atoms with Crippen molar-refractivity contribution >= 4 is 5.91 Å². The minimum atomic E-state index is -0.366. The highest BCUT2D eigenvalue weighted by molar-refractivity contribution is 5.76. The van der Waals surface area contributed by atoms with Crippen molar-refractivity contribution in [3.05, 3.63) is 0 Å². The molecule has 1 saturated heterocycles. The lowest BCUT2D eigenvalue weighted by Crippen LogP contribution is -2.36. The molecule has 0 aromatic heterocycles. The zero-order valence-corrected chi connectivity index (χ0v) is 11.6. The number of rotatable bonds is 6. The van der Waals surface area contributed by atoms with Crippen LogP contribution < -0.4 is 5.32 Å². The van der Waals surface area contributed by atoms with Gasteiger partial charge in [-0.3, -0.25) is 4.79 Å². The van der Waals surface area contributed by atoms with Gasteiger partial charge in [-0.15, -0.1) is 12.3 Å². The van der Waals surface area contributed by atoms with Crippen LogP contribution in [-0.2, 0) is 9.53 Å². The monoisotopic (exact) mass is 263 g/mol. The first-order valence-electron chi connectivity index (χ1n) is 6.76. The van der Waals surface area contributed by atoms with Crippen LogP contribution in [0.5, 0.6) is 0 Å². The standard InChI is InChI=1S/C14H21N3O2/c1-4-5-7-14(16-17-14)8-6-12(18)15-11-9-13(2,3)19-10-11/h1,11H,5-10H2,2-3H3,(H,15,18). The maximum Gasteiger partial charge on any atom is 0.220 e. The lowest BCUT2D eigenvalue weighted by atomic mass is 10.0. The summed E-state index contributed by atoms with van der Waals surface area (Å²) in [7, 11) is 0. The van der Waals surface area contributed by atoms with E-state index in [1.54, 1.807) is 0 Å². The zero-order chi connectivity index (χ0) is 13.9. The Balaban J connectivity index is 1.67. The molecule has 1 amide bonds. The summed E-state index contributed by atoms with van der Waals surface area (Å²) in [6, 6.07) is 0.122. The lowest BCUT2D eigenvalue weighted by Gasteiger charge is -2.16. The van der Waals surface area contributed by atoms with Crippen LogP contribution in [0.1, 0.15) is 46.0 Å². The minimum Gasteiger partial charge on any atom is -0.373 e. The van der Waals surface area contributed by atoms with Gasteiger partial charge in [0.1, 0.15) is 0 Å². The maximum atomic E-state index is 11.9. The first-order valence-corrected chi connectivity index (χ1v) is 6.76. The van der Waals surface area contributed by atoms with E-state index in [4.69, 9.17) is 11.2 Å². The molecule has 0 radical (unpaired) electrons. The highest BCUT2D eigenvalue weighted by Crippen LogP contribution is 2.37. The molecule has 1 atom stereocenters. The third-order valence-electron chi connectivity index (χ3n) is 3.58. The average Bonchev–Trinajstić information content (AvgIpc) is 3.04. The SMILES string of the molecule is C#CCCC1(CCC(=O)NC2COC(C)(C)C2)N=N1. The summed E-state index contributed by atoms with van der Waals surface area (Å²) in [5.74, 6) is 2.63. The summed E-state index contributed by atoms with van der Waals surface area (Å²) in [5.41, 5.74) is -0.498. The van der Waals surface area contributed by atoms with Gasteiger partial charge in [-0.1, -0.05) is 0 Å². The van der Waals surface area contributed by atoms with E-state index in [0.29, 0.717) is 25.9 Å². The second kappa shape index (κ2) is 5.30. The summed E-state index contributed by atoms with van der Waals surface area (Å²) in [4.78, 5) is 11.9. The Hall–Kier alpha value is -1.41. The normalized spacial score (nSPS) is 25.8. The number of nitrogens with zero attached hydrogens (tertiary/aromatic N) is 2. The van der Waals surface area contributed by atoms with Crippen LogP contribution in [0, 0.1) is 12.3 Å². The van der Waals surface area contributed by atoms with Gasteiger partial charge in [0.25, 0.3) is 0 Å². The van der Waals surface area contributed by atoms with Crippen LogP contribution in [0.2, 0.25) is 0 Å². The van der Waals surface area contributed by atoms with Gasteiger partial charge in [0.2, 0.25) is 5.91 Å². The first-order chi connectivity index (χ1) is 8.95. The highest BCUT2D eigenvalue weighted by atomic mass is 16.5. The van der Waals surface area contributed by atoms with Crippen molar-refractivity contribution in [1.29, 1.82) is 0 Å². The molecule has 0 aromatic carbocycles. The molecule has 2 rings (SSSR count). The van der Waals surface area contributed by atoms with Crippen molar-refractivity contribution in [2.45, 2.75) is 63.3 Å². The quantitative estimate of drug-likeness (QED) is 0.745. The van der Waals surface area contributed by atoms with Crippen molar-refractivity contribution in [2.24, 2.45) is 10.2 Å². The number of amides is 1. The molecule has 5 nitrogen and oxygen atoms in total. The van der Waals surface area contributed by atoms with Crippen molar-refractivity contribution in [3.63, 3.8) is 0 Å². The highest BCUT2D eigenvalue weighted by Gasteiger charge is 2.39. The molecule has 2 aliphatic rings. The van der Waals surface area contributed by atoms with E-state index in [-0.39, 0.29) is 23.2 Å². The zero-order valence-electron chi connectivity index (χ0n) is 11.6. The van der Waals surface area contributed by atoms with Crippen molar-refractivity contribution < 1.29 is 9.53 Å². The second-order valence-corrected chi connectivity index (χ2v) is 5.93. The van der Waals surface area contributed by atoms with Crippen molar-refractivity contribution in [2.75, 3.05) is 6.61 Å². The predicted octanol–water partition coefficient (Wildman–Crippen LogP) is 2.03. The molecular formula is C14H21N3O2. The summed E-state index contributed by atoms with van der Waals surface area (Å²) >= 11 is 0. The van der Waals surface area contributed by atoms with Gasteiger partial charge in [0, 0.05) is 25.7 Å². The molecule has 1 N–H and O–H groups in total. The summed E-state index contributed by atoms with van der Waals surface area (Å²) in [6.07, 6.45) is 8.57. The Bertz CT molecular complexity index is 417. The van der Waals surface area contributed by atoms with Crippen LogP contribution in [0.3, 0.4) is 0 Å². The van der Waals surface area contributed by atoms with E-state index in [1.165, 1.54) is 0 Å². The van der Waals surface area contributed by atoms with E-state index < -0.39 is 0 Å². The molecule has 0 saturated carbocycles. The van der Waals surface area contributed by atoms with Crippen LogP contribution >= 0.6 is 0 Å². The molecule has 2 aliphatic heterocycles. The van der Waals surface area contributed by atoms with Gasteiger partial charge in [0.15, 0.2) is 5.66 Å². The fourth-order valence-corrected chi connectivity index (χ4v) is 2.41. The minimum absolute atomic E-state index is 0.0451. The largest absolute Gasteiger partial charge is 0.373 e. The Labute approximate surface area is 114 Å². The van der Waals surface area contributed by atoms with Gasteiger partial charge in [-0.05, 0) is 20.3 Å². The summed E-state index contributed by atoms with van der Waals surface area (Å²) < 4.78 is 5.59. The van der Waals surface area contributed by atoms with Crippen LogP contribution in [0.4, 0.5) is 0 Å². The second-order valence-electron chi connectivity index (χ2n) is 5.93. The maximum absolute atomic E-state index is 11.9. The molecule has 5 heteroatoms. The Morgan fingerprint density at radius 2 is 2.21 bits per heavy atom. The van der Waals surface area contributed by atoms with Gasteiger partial charge in [-0.2, -0.15) is 10.2 Å². The molecule has 1 fully saturated rings. The molecule has 2 heterocycles. The summed E-state index contributed by atoms with van der Waals surface area (Å²) in [6.45, 7) is 4.67. The molecule has 0 aromatic rings. The van der Waals surface area contributed by atoms with E-state index in [0.717, 1.165) is 12.8 Å². The van der Waals surface area contributed by atoms with Crippen LogP contribution in [-0.4, -0.2) is 29.8 Å². The number of ether oxygens (including phenoxy) is 1. The average molecular weight is 263 g/mol. The van der Waals surface area contributed by atoms with E-state index in [1.807, 2.05) is 13.8 Å². The molecule has 0 bridgehead atoms. The fourth-order valence-electron chi connectivity index (χ4n) is 2.41. The number of terminal acetylenes is 1. The molecule has 0 spiro atoms. The van der Waals surface area contributed by atoms with E-state index >= 15 is 0 Å². The van der Waals surface area contributed by atoms with Gasteiger partial charge in [-0.25, -0.2) is 0 Å². The number of carbonyl (C=O) groups excluding carboxylic acids is 1. The molecule has 0 aliphatic carbocycles. The van der Waals surface area contributed by atoms with Crippen molar-refractivity contribution in [3.8, 4) is 12.3 Å². The number of hydrogen-bond acceptors (Lipinski definition) is 4. The number of hydrogen-bond donors (Lipinski definition) is 1. The Kier molecular flexibility index (Phi) is 3.91. The van der Waals surface area contributed by atoms with Crippen LogP contribution in [0.25, 0.3) is 0 Å². The molecular weight excluding hydrogens is 242 g/mol. The first kappa shape index (κ1) is 14.0. The Morgan fingerprint density at radius 3 is 2.74 bits per heavy atom. The lowest BCUT2D eigenvalue weighted by molar-refractivity contribution is -0.122. The van der Waals surface area contributed by atoms with Crippen LogP contribution in [0.15, 0.2) is 10.2 Å². The van der Waals surface area contributed by atoms with Gasteiger partial charge < -0.3 is 10.1 Å². The van der Waals surface area contributed by atoms with E-state index in [9.17, 15) is 4.79 Å². The predicted molar refractivity (Wildman–Crippen MR) is 71.5 cm³/mol. The molecule has 19 heavy (non-hydrogen) atoms. The number of nitrogens with one attached hydrogen (secondary N) is 1. The van der Waals surface area contributed by atoms with E-state index in [2.05, 4.69) is 21.5 Å². The van der Waals surface area contributed by atoms with Gasteiger partial charge in [0.05, 0.1) is 18.2 Å². The van der Waals surface area contributed by atoms with Crippen molar-refractivity contribution in [1.82, 2.24) is 5.32 Å². The van der Waals surface area contributed by atoms with Gasteiger partial charge >= 0.3 is 0 Å². The Morgan fingerprint density at radius 1 is 1.47 bits per heavy atom. The topological polar surface area (TPSA) is 63.0 Å².